The lowest BCUT2D eigenvalue weighted by Crippen LogP contribution is -2.79. The van der Waals surface area contributed by atoms with Crippen molar-refractivity contribution in [2.24, 2.45) is 16.7 Å². The van der Waals surface area contributed by atoms with Crippen LogP contribution in [0.25, 0.3) is 0 Å². The summed E-state index contributed by atoms with van der Waals surface area (Å²) in [6.07, 6.45) is 11.1. The molecule has 3 nitrogen and oxygen atoms in total. The third-order valence-corrected chi connectivity index (χ3v) is 7.11. The standard InChI is InChI=1S/C23H40N2O/c1-6-11-22-14-24-16-23(12-7-2,21(22)26)17-25(15-22)20(24)13-19(5)10-8-9-18(3)4/h9,19-20H,6-8,10-17H2,1-5H3. The smallest absolute Gasteiger partial charge is 0.150 e. The highest BCUT2D eigenvalue weighted by atomic mass is 16.1. The zero-order chi connectivity index (χ0) is 18.9. The van der Waals surface area contributed by atoms with Crippen LogP contribution >= 0.6 is 0 Å². The normalized spacial score (nSPS) is 39.3. The van der Waals surface area contributed by atoms with Crippen LogP contribution in [0, 0.1) is 16.7 Å². The van der Waals surface area contributed by atoms with Crippen LogP contribution in [0.5, 0.6) is 0 Å². The molecule has 1 unspecified atom stereocenters. The number of hydrogen-bond donors (Lipinski definition) is 0. The first-order valence-electron chi connectivity index (χ1n) is 11.0. The molecule has 0 radical (unpaired) electrons. The summed E-state index contributed by atoms with van der Waals surface area (Å²) in [5.74, 6) is 1.37. The van der Waals surface area contributed by atoms with Gasteiger partial charge in [0.05, 0.1) is 17.0 Å². The van der Waals surface area contributed by atoms with E-state index in [9.17, 15) is 4.79 Å². The van der Waals surface area contributed by atoms with Crippen molar-refractivity contribution in [1.29, 1.82) is 0 Å². The third kappa shape index (κ3) is 3.54. The van der Waals surface area contributed by atoms with Gasteiger partial charge in [0.15, 0.2) is 0 Å². The first-order valence-corrected chi connectivity index (χ1v) is 11.0. The largest absolute Gasteiger partial charge is 0.298 e. The van der Waals surface area contributed by atoms with Crippen LogP contribution < -0.4 is 0 Å². The Morgan fingerprint density at radius 3 is 2.00 bits per heavy atom. The van der Waals surface area contributed by atoms with Crippen LogP contribution in [0.1, 0.15) is 79.6 Å². The number of rotatable bonds is 9. The molecule has 0 saturated carbocycles. The minimum atomic E-state index is -0.0672. The first-order chi connectivity index (χ1) is 12.4. The summed E-state index contributed by atoms with van der Waals surface area (Å²) in [7, 11) is 0. The maximum Gasteiger partial charge on any atom is 0.150 e. The summed E-state index contributed by atoms with van der Waals surface area (Å²) in [6, 6.07) is 0. The molecule has 0 amide bonds. The van der Waals surface area contributed by atoms with Gasteiger partial charge in [-0.1, -0.05) is 45.3 Å². The summed E-state index contributed by atoms with van der Waals surface area (Å²) >= 11 is 0. The highest BCUT2D eigenvalue weighted by Gasteiger charge is 2.64. The molecule has 4 aliphatic heterocycles. The van der Waals surface area contributed by atoms with Crippen LogP contribution in [-0.4, -0.2) is 47.9 Å². The number of carbonyl (C=O) groups is 1. The van der Waals surface area contributed by atoms with Gasteiger partial charge in [0, 0.05) is 26.2 Å². The zero-order valence-electron chi connectivity index (χ0n) is 17.8. The minimum Gasteiger partial charge on any atom is -0.298 e. The molecule has 0 aliphatic carbocycles. The SMILES string of the molecule is CCCC12CN3CC(CCC)(CN(C1)C3CC(C)CCC=C(C)C)C2=O. The minimum absolute atomic E-state index is 0.0672. The summed E-state index contributed by atoms with van der Waals surface area (Å²) in [4.78, 5) is 18.9. The number of piperidine rings is 2. The lowest BCUT2D eigenvalue weighted by atomic mass is 9.57. The van der Waals surface area contributed by atoms with E-state index in [-0.39, 0.29) is 10.8 Å². The Labute approximate surface area is 161 Å². The molecule has 4 fully saturated rings. The van der Waals surface area contributed by atoms with Crippen LogP contribution in [0.15, 0.2) is 11.6 Å². The van der Waals surface area contributed by atoms with Crippen molar-refractivity contribution in [3.8, 4) is 0 Å². The van der Waals surface area contributed by atoms with Gasteiger partial charge in [-0.2, -0.15) is 0 Å². The number of ketones is 1. The Bertz CT molecular complexity index is 504. The second-order valence-electron chi connectivity index (χ2n) is 9.88. The van der Waals surface area contributed by atoms with Gasteiger partial charge in [-0.3, -0.25) is 14.6 Å². The highest BCUT2D eigenvalue weighted by molar-refractivity contribution is 5.93. The van der Waals surface area contributed by atoms with E-state index in [0.29, 0.717) is 11.9 Å². The van der Waals surface area contributed by atoms with Crippen LogP contribution in [0.3, 0.4) is 0 Å². The Balaban J connectivity index is 1.72. The van der Waals surface area contributed by atoms with E-state index in [4.69, 9.17) is 0 Å². The summed E-state index contributed by atoms with van der Waals surface area (Å²) in [6.45, 7) is 15.4. The molecule has 4 rings (SSSR count). The quantitative estimate of drug-likeness (QED) is 0.548. The lowest BCUT2D eigenvalue weighted by molar-refractivity contribution is -0.206. The molecule has 0 N–H and O–H groups in total. The van der Waals surface area contributed by atoms with E-state index in [0.717, 1.165) is 57.8 Å². The number of Topliss-reactive ketones (excluding diaryl/α,β-unsaturated/α-hetero) is 1. The molecule has 4 heterocycles. The fourth-order valence-corrected chi connectivity index (χ4v) is 6.20. The maximum atomic E-state index is 13.5. The van der Waals surface area contributed by atoms with Crippen LogP contribution in [0.4, 0.5) is 0 Å². The second kappa shape index (κ2) is 7.75. The lowest BCUT2D eigenvalue weighted by Gasteiger charge is -2.66. The Morgan fingerprint density at radius 2 is 1.58 bits per heavy atom. The van der Waals surface area contributed by atoms with Gasteiger partial charge in [-0.05, 0) is 51.9 Å². The van der Waals surface area contributed by atoms with Crippen molar-refractivity contribution in [2.75, 3.05) is 26.2 Å². The van der Waals surface area contributed by atoms with Gasteiger partial charge in [0.2, 0.25) is 0 Å². The predicted octanol–water partition coefficient (Wildman–Crippen LogP) is 4.87. The van der Waals surface area contributed by atoms with E-state index < -0.39 is 0 Å². The molecule has 0 aromatic carbocycles. The predicted molar refractivity (Wildman–Crippen MR) is 109 cm³/mol. The molecule has 0 spiro atoms. The van der Waals surface area contributed by atoms with Crippen molar-refractivity contribution in [1.82, 2.24) is 9.80 Å². The highest BCUT2D eigenvalue weighted by Crippen LogP contribution is 2.53. The van der Waals surface area contributed by atoms with E-state index in [2.05, 4.69) is 50.5 Å². The Hall–Kier alpha value is -0.670. The number of carbonyl (C=O) groups excluding carboxylic acids is 1. The average molecular weight is 361 g/mol. The van der Waals surface area contributed by atoms with Gasteiger partial charge in [-0.15, -0.1) is 0 Å². The molecule has 4 aliphatic rings. The second-order valence-corrected chi connectivity index (χ2v) is 9.88. The van der Waals surface area contributed by atoms with Crippen LogP contribution in [0.2, 0.25) is 0 Å². The Kier molecular flexibility index (Phi) is 5.99. The van der Waals surface area contributed by atoms with E-state index in [1.807, 2.05) is 0 Å². The zero-order valence-corrected chi connectivity index (χ0v) is 17.8. The summed E-state index contributed by atoms with van der Waals surface area (Å²) in [5, 5.41) is 0. The number of nitrogens with zero attached hydrogens (tertiary/aromatic N) is 2. The molecule has 1 atom stereocenters. The molecule has 3 heteroatoms. The van der Waals surface area contributed by atoms with Crippen molar-refractivity contribution < 1.29 is 4.79 Å². The molecule has 26 heavy (non-hydrogen) atoms. The molecule has 148 valence electrons. The molecular weight excluding hydrogens is 320 g/mol. The fraction of sp³-hybridized carbons (Fsp3) is 0.870. The summed E-state index contributed by atoms with van der Waals surface area (Å²) in [5.41, 5.74) is 1.30. The fourth-order valence-electron chi connectivity index (χ4n) is 6.20. The van der Waals surface area contributed by atoms with E-state index in [1.165, 1.54) is 24.8 Å². The topological polar surface area (TPSA) is 23.6 Å². The monoisotopic (exact) mass is 360 g/mol. The van der Waals surface area contributed by atoms with Gasteiger partial charge >= 0.3 is 0 Å². The molecule has 0 aromatic heterocycles. The van der Waals surface area contributed by atoms with Crippen molar-refractivity contribution in [2.45, 2.75) is 85.7 Å². The van der Waals surface area contributed by atoms with Crippen LogP contribution in [-0.2, 0) is 4.79 Å². The molecule has 0 aromatic rings. The van der Waals surface area contributed by atoms with Gasteiger partial charge in [0.25, 0.3) is 0 Å². The number of allylic oxidation sites excluding steroid dienone is 2. The summed E-state index contributed by atoms with van der Waals surface area (Å²) < 4.78 is 0. The van der Waals surface area contributed by atoms with Gasteiger partial charge < -0.3 is 0 Å². The number of hydrogen-bond acceptors (Lipinski definition) is 3. The van der Waals surface area contributed by atoms with Gasteiger partial charge in [0.1, 0.15) is 5.78 Å². The van der Waals surface area contributed by atoms with Crippen molar-refractivity contribution in [3.05, 3.63) is 11.6 Å². The van der Waals surface area contributed by atoms with Crippen molar-refractivity contribution in [3.63, 3.8) is 0 Å². The third-order valence-electron chi connectivity index (χ3n) is 7.11. The van der Waals surface area contributed by atoms with E-state index in [1.54, 1.807) is 0 Å². The maximum absolute atomic E-state index is 13.5. The Morgan fingerprint density at radius 1 is 1.08 bits per heavy atom. The van der Waals surface area contributed by atoms with Crippen molar-refractivity contribution >= 4 is 5.78 Å². The molecular formula is C23H40N2O. The average Bonchev–Trinajstić information content (AvgIpc) is 2.55. The van der Waals surface area contributed by atoms with E-state index >= 15 is 0 Å². The molecule has 4 bridgehead atoms. The van der Waals surface area contributed by atoms with Gasteiger partial charge in [-0.25, -0.2) is 0 Å². The molecule has 4 saturated heterocycles. The first kappa shape index (κ1) is 20.1.